The molecule has 0 bridgehead atoms. The summed E-state index contributed by atoms with van der Waals surface area (Å²) < 4.78 is 17.8. The number of benzene rings is 1. The highest BCUT2D eigenvalue weighted by atomic mass is 19.1. The highest BCUT2D eigenvalue weighted by molar-refractivity contribution is 5.83. The van der Waals surface area contributed by atoms with E-state index in [1.54, 1.807) is 0 Å². The molecule has 16 heavy (non-hydrogen) atoms. The molecule has 4 nitrogen and oxygen atoms in total. The molecule has 1 aromatic carbocycles. The fourth-order valence-corrected chi connectivity index (χ4v) is 1.70. The third-order valence-electron chi connectivity index (χ3n) is 2.66. The van der Waals surface area contributed by atoms with E-state index in [1.807, 2.05) is 0 Å². The molecule has 1 heterocycles. The number of anilines is 1. The highest BCUT2D eigenvalue weighted by Crippen LogP contribution is 2.24. The molecule has 0 aromatic heterocycles. The lowest BCUT2D eigenvalue weighted by Gasteiger charge is -2.24. The Balaban J connectivity index is 2.18. The lowest BCUT2D eigenvalue weighted by molar-refractivity contribution is -0.142. The maximum atomic E-state index is 12.7. The topological polar surface area (TPSA) is 58.6 Å². The van der Waals surface area contributed by atoms with Gasteiger partial charge in [0.1, 0.15) is 5.82 Å². The van der Waals surface area contributed by atoms with Crippen LogP contribution in [0.3, 0.4) is 0 Å². The average Bonchev–Trinajstić information content (AvgIpc) is 2.71. The van der Waals surface area contributed by atoms with E-state index < -0.39 is 11.5 Å². The van der Waals surface area contributed by atoms with Gasteiger partial charge in [-0.15, -0.1) is 0 Å². The van der Waals surface area contributed by atoms with Crippen LogP contribution in [0.1, 0.15) is 6.42 Å². The fraction of sp³-hybridized carbons (Fsp3) is 0.364. The van der Waals surface area contributed by atoms with Crippen molar-refractivity contribution in [2.24, 2.45) is 0 Å². The predicted molar refractivity (Wildman–Crippen MR) is 55.8 cm³/mol. The Kier molecular flexibility index (Phi) is 2.78. The van der Waals surface area contributed by atoms with Crippen molar-refractivity contribution in [1.29, 1.82) is 0 Å². The van der Waals surface area contributed by atoms with Crippen molar-refractivity contribution in [1.82, 2.24) is 0 Å². The van der Waals surface area contributed by atoms with Crippen molar-refractivity contribution in [2.75, 3.05) is 18.5 Å². The second kappa shape index (κ2) is 4.09. The number of carboxylic acids is 1. The Morgan fingerprint density at radius 1 is 1.44 bits per heavy atom. The number of aliphatic carboxylic acids is 1. The van der Waals surface area contributed by atoms with Gasteiger partial charge >= 0.3 is 5.97 Å². The van der Waals surface area contributed by atoms with Crippen molar-refractivity contribution in [3.63, 3.8) is 0 Å². The normalized spacial score (nSPS) is 24.3. The van der Waals surface area contributed by atoms with Crippen LogP contribution in [0, 0.1) is 5.82 Å². The first-order valence-electron chi connectivity index (χ1n) is 4.97. The summed E-state index contributed by atoms with van der Waals surface area (Å²) in [5, 5.41) is 12.1. The van der Waals surface area contributed by atoms with Gasteiger partial charge in [0.2, 0.25) is 0 Å². The van der Waals surface area contributed by atoms with Crippen molar-refractivity contribution in [2.45, 2.75) is 12.0 Å². The number of carboxylic acid groups (broad SMARTS) is 1. The van der Waals surface area contributed by atoms with Gasteiger partial charge in [0.25, 0.3) is 0 Å². The SMILES string of the molecule is O=C(O)C1(Nc2ccc(F)cc2)CCOC1. The standard InChI is InChI=1S/C11H12FNO3/c12-8-1-3-9(4-2-8)13-11(10(14)15)5-6-16-7-11/h1-4,13H,5-7H2,(H,14,15). The van der Waals surface area contributed by atoms with Crippen LogP contribution in [0.15, 0.2) is 24.3 Å². The minimum absolute atomic E-state index is 0.125. The number of halogens is 1. The van der Waals surface area contributed by atoms with E-state index in [0.29, 0.717) is 18.7 Å². The third kappa shape index (κ3) is 1.99. The van der Waals surface area contributed by atoms with Crippen LogP contribution in [0.5, 0.6) is 0 Å². The molecule has 0 spiro atoms. The number of nitrogens with one attached hydrogen (secondary N) is 1. The van der Waals surface area contributed by atoms with Crippen LogP contribution in [-0.2, 0) is 9.53 Å². The second-order valence-corrected chi connectivity index (χ2v) is 3.82. The maximum absolute atomic E-state index is 12.7. The molecule has 0 saturated carbocycles. The molecule has 5 heteroatoms. The first-order valence-corrected chi connectivity index (χ1v) is 4.97. The average molecular weight is 225 g/mol. The van der Waals surface area contributed by atoms with Crippen molar-refractivity contribution in [3.05, 3.63) is 30.1 Å². The Hall–Kier alpha value is -1.62. The first-order chi connectivity index (χ1) is 7.62. The van der Waals surface area contributed by atoms with Crippen molar-refractivity contribution >= 4 is 11.7 Å². The minimum atomic E-state index is -1.09. The van der Waals surface area contributed by atoms with Crippen LogP contribution in [0.25, 0.3) is 0 Å². The summed E-state index contributed by atoms with van der Waals surface area (Å²) in [6.07, 6.45) is 0.402. The molecule has 0 amide bonds. The number of ether oxygens (including phenoxy) is 1. The second-order valence-electron chi connectivity index (χ2n) is 3.82. The highest BCUT2D eigenvalue weighted by Gasteiger charge is 2.42. The Morgan fingerprint density at radius 3 is 2.62 bits per heavy atom. The summed E-state index contributed by atoms with van der Waals surface area (Å²) in [5.41, 5.74) is -0.507. The quantitative estimate of drug-likeness (QED) is 0.818. The smallest absolute Gasteiger partial charge is 0.331 e. The van der Waals surface area contributed by atoms with Gasteiger partial charge in [-0.05, 0) is 24.3 Å². The van der Waals surface area contributed by atoms with Crippen molar-refractivity contribution in [3.8, 4) is 0 Å². The molecule has 1 saturated heterocycles. The zero-order valence-corrected chi connectivity index (χ0v) is 8.57. The molecule has 1 unspecified atom stereocenters. The Labute approximate surface area is 92.0 Å². The van der Waals surface area contributed by atoms with Crippen LogP contribution < -0.4 is 5.32 Å². The molecular weight excluding hydrogens is 213 g/mol. The minimum Gasteiger partial charge on any atom is -0.479 e. The molecule has 2 rings (SSSR count). The molecule has 1 aliphatic rings. The van der Waals surface area contributed by atoms with E-state index >= 15 is 0 Å². The van der Waals surface area contributed by atoms with E-state index in [9.17, 15) is 9.18 Å². The largest absolute Gasteiger partial charge is 0.479 e. The number of hydrogen-bond acceptors (Lipinski definition) is 3. The van der Waals surface area contributed by atoms with E-state index in [-0.39, 0.29) is 12.4 Å². The molecular formula is C11H12FNO3. The molecule has 1 aliphatic heterocycles. The van der Waals surface area contributed by atoms with E-state index in [2.05, 4.69) is 5.32 Å². The number of rotatable bonds is 3. The molecule has 86 valence electrons. The molecule has 1 fully saturated rings. The molecule has 0 radical (unpaired) electrons. The van der Waals surface area contributed by atoms with Gasteiger partial charge in [-0.25, -0.2) is 9.18 Å². The van der Waals surface area contributed by atoms with Crippen LogP contribution in [-0.4, -0.2) is 29.8 Å². The van der Waals surface area contributed by atoms with Gasteiger partial charge in [0, 0.05) is 18.7 Å². The fourth-order valence-electron chi connectivity index (χ4n) is 1.70. The van der Waals surface area contributed by atoms with Gasteiger partial charge in [-0.2, -0.15) is 0 Å². The molecule has 0 aliphatic carbocycles. The van der Waals surface area contributed by atoms with E-state index in [0.717, 1.165) is 0 Å². The first kappa shape index (κ1) is 10.9. The summed E-state index contributed by atoms with van der Waals surface area (Å²) in [5.74, 6) is -1.30. The summed E-state index contributed by atoms with van der Waals surface area (Å²) in [7, 11) is 0. The van der Waals surface area contributed by atoms with E-state index in [4.69, 9.17) is 9.84 Å². The number of carbonyl (C=O) groups is 1. The Morgan fingerprint density at radius 2 is 2.12 bits per heavy atom. The summed E-state index contributed by atoms with van der Waals surface area (Å²) in [6.45, 7) is 0.542. The predicted octanol–water partition coefficient (Wildman–Crippen LogP) is 1.48. The van der Waals surface area contributed by atoms with E-state index in [1.165, 1.54) is 24.3 Å². The molecule has 1 aromatic rings. The summed E-state index contributed by atoms with van der Waals surface area (Å²) >= 11 is 0. The van der Waals surface area contributed by atoms with Gasteiger partial charge in [0.05, 0.1) is 6.61 Å². The van der Waals surface area contributed by atoms with Gasteiger partial charge in [0.15, 0.2) is 5.54 Å². The number of hydrogen-bond donors (Lipinski definition) is 2. The molecule has 2 N–H and O–H groups in total. The zero-order chi connectivity index (χ0) is 11.6. The van der Waals surface area contributed by atoms with Crippen molar-refractivity contribution < 1.29 is 19.0 Å². The van der Waals surface area contributed by atoms with Crippen LogP contribution >= 0.6 is 0 Å². The van der Waals surface area contributed by atoms with Crippen LogP contribution in [0.4, 0.5) is 10.1 Å². The van der Waals surface area contributed by atoms with Gasteiger partial charge in [-0.3, -0.25) is 0 Å². The lowest BCUT2D eigenvalue weighted by Crippen LogP contribution is -2.47. The van der Waals surface area contributed by atoms with Gasteiger partial charge in [-0.1, -0.05) is 0 Å². The monoisotopic (exact) mass is 225 g/mol. The Bertz CT molecular complexity index is 385. The van der Waals surface area contributed by atoms with Gasteiger partial charge < -0.3 is 15.2 Å². The summed E-state index contributed by atoms with van der Waals surface area (Å²) in [4.78, 5) is 11.2. The zero-order valence-electron chi connectivity index (χ0n) is 8.57. The third-order valence-corrected chi connectivity index (χ3v) is 2.66. The summed E-state index contributed by atoms with van der Waals surface area (Å²) in [6, 6.07) is 5.60. The molecule has 1 atom stereocenters. The van der Waals surface area contributed by atoms with Crippen LogP contribution in [0.2, 0.25) is 0 Å². The maximum Gasteiger partial charge on any atom is 0.331 e. The lowest BCUT2D eigenvalue weighted by atomic mass is 9.98.